The zero-order valence-electron chi connectivity index (χ0n) is 15.8. The average Bonchev–Trinajstić information content (AvgIpc) is 2.67. The maximum atomic E-state index is 10.6. The molecule has 0 spiro atoms. The van der Waals surface area contributed by atoms with Crippen molar-refractivity contribution in [2.45, 2.75) is 55.7 Å². The third-order valence-corrected chi connectivity index (χ3v) is 3.31. The fourth-order valence-electron chi connectivity index (χ4n) is 1.64. The minimum Gasteiger partial charge on any atom is -0.547 e. The number of carbonyl (C=O) groups excluding carboxylic acids is 3. The normalized spacial score (nSPS) is 18.8. The summed E-state index contributed by atoms with van der Waals surface area (Å²) in [4.78, 5) is 31.1. The number of aliphatic hydroxyl groups excluding tert-OH is 9. The first-order chi connectivity index (χ1) is 12.8. The van der Waals surface area contributed by atoms with Crippen molar-refractivity contribution in [1.82, 2.24) is 5.32 Å². The Morgan fingerprint density at radius 2 is 1.24 bits per heavy atom. The van der Waals surface area contributed by atoms with Gasteiger partial charge in [0.1, 0.15) is 55.1 Å². The third-order valence-electron chi connectivity index (χ3n) is 3.31. The van der Waals surface area contributed by atoms with E-state index in [0.29, 0.717) is 0 Å². The SMILES string of the molecule is CC(=O)NC(C=O)C(O)C(O)C(O)CO.O=C([O-])C(O)C(O)C(O)C(O)CO.[K+]. The monoisotopic (exact) mass is 455 g/mol. The molecule has 0 radical (unpaired) electrons. The van der Waals surface area contributed by atoms with Gasteiger partial charge in [-0.15, -0.1) is 0 Å². The van der Waals surface area contributed by atoms with Gasteiger partial charge in [-0.05, 0) is 0 Å². The van der Waals surface area contributed by atoms with Crippen LogP contribution >= 0.6 is 0 Å². The van der Waals surface area contributed by atoms with E-state index in [9.17, 15) is 29.7 Å². The van der Waals surface area contributed by atoms with Crippen LogP contribution in [-0.2, 0) is 14.4 Å². The van der Waals surface area contributed by atoms with Crippen molar-refractivity contribution in [1.29, 1.82) is 0 Å². The van der Waals surface area contributed by atoms with E-state index in [1.54, 1.807) is 0 Å². The first-order valence-electron chi connectivity index (χ1n) is 7.77. The molecule has 0 aliphatic heterocycles. The number of amides is 1. The van der Waals surface area contributed by atoms with Gasteiger partial charge in [-0.3, -0.25) is 4.79 Å². The number of aliphatic carboxylic acids is 1. The van der Waals surface area contributed by atoms with Crippen molar-refractivity contribution in [3.05, 3.63) is 0 Å². The summed E-state index contributed by atoms with van der Waals surface area (Å²) in [7, 11) is 0. The Hall–Kier alpha value is -0.114. The summed E-state index contributed by atoms with van der Waals surface area (Å²) in [5, 5.41) is 91.6. The molecule has 0 fully saturated rings. The number of carbonyl (C=O) groups is 3. The fraction of sp³-hybridized carbons (Fsp3) is 0.786. The van der Waals surface area contributed by atoms with Crippen LogP contribution in [0.4, 0.5) is 0 Å². The van der Waals surface area contributed by atoms with Crippen LogP contribution in [0.15, 0.2) is 0 Å². The molecule has 8 unspecified atom stereocenters. The van der Waals surface area contributed by atoms with Crippen LogP contribution in [-0.4, -0.2) is 126 Å². The third kappa shape index (κ3) is 13.0. The quantitative estimate of drug-likeness (QED) is 0.102. The molecule has 0 rings (SSSR count). The van der Waals surface area contributed by atoms with Crippen molar-refractivity contribution in [2.75, 3.05) is 13.2 Å². The van der Waals surface area contributed by atoms with E-state index in [1.807, 2.05) is 0 Å². The number of hydrogen-bond acceptors (Lipinski definition) is 13. The molecule has 0 aliphatic carbocycles. The zero-order valence-corrected chi connectivity index (χ0v) is 18.9. The first-order valence-corrected chi connectivity index (χ1v) is 7.77. The summed E-state index contributed by atoms with van der Waals surface area (Å²) in [5.41, 5.74) is 0. The fourth-order valence-corrected chi connectivity index (χ4v) is 1.64. The van der Waals surface area contributed by atoms with Gasteiger partial charge in [0.15, 0.2) is 0 Å². The molecule has 0 bridgehead atoms. The molecule has 10 N–H and O–H groups in total. The molecule has 15 heteroatoms. The van der Waals surface area contributed by atoms with Gasteiger partial charge >= 0.3 is 51.4 Å². The van der Waals surface area contributed by atoms with Gasteiger partial charge in [0.25, 0.3) is 0 Å². The molecule has 0 aromatic rings. The first kappa shape index (κ1) is 33.5. The Morgan fingerprint density at radius 1 is 0.862 bits per heavy atom. The predicted octanol–water partition coefficient (Wildman–Crippen LogP) is -11.1. The Kier molecular flexibility index (Phi) is 20.3. The van der Waals surface area contributed by atoms with E-state index in [4.69, 9.17) is 35.7 Å². The maximum Gasteiger partial charge on any atom is 1.00 e. The average molecular weight is 455 g/mol. The molecule has 14 nitrogen and oxygen atoms in total. The van der Waals surface area contributed by atoms with Gasteiger partial charge in [0.2, 0.25) is 5.91 Å². The minimum atomic E-state index is -2.31. The van der Waals surface area contributed by atoms with Crippen LogP contribution < -0.4 is 61.8 Å². The Balaban J connectivity index is -0.000000455. The minimum absolute atomic E-state index is 0. The van der Waals surface area contributed by atoms with Crippen molar-refractivity contribution in [2.24, 2.45) is 0 Å². The topological polar surface area (TPSA) is 268 Å². The van der Waals surface area contributed by atoms with E-state index in [2.05, 4.69) is 5.32 Å². The maximum absolute atomic E-state index is 10.6. The standard InChI is InChI=1S/C8H15NO6.C6H12O7.K/c1-4(12)9-5(2-10)7(14)8(15)6(13)3-11;7-1-2(8)3(9)4(10)5(11)6(12)13;/h2,5-8,11,13-15H,3H2,1H3,(H,9,12);2-5,7-11H,1H2,(H,12,13);/q;;+1/p-1. The van der Waals surface area contributed by atoms with Gasteiger partial charge in [0, 0.05) is 6.92 Å². The largest absolute Gasteiger partial charge is 1.00 e. The molecule has 0 saturated heterocycles. The molecule has 0 aliphatic rings. The van der Waals surface area contributed by atoms with Gasteiger partial charge in [-0.1, -0.05) is 0 Å². The Bertz CT molecular complexity index is 482. The van der Waals surface area contributed by atoms with Crippen LogP contribution in [0.2, 0.25) is 0 Å². The number of aliphatic hydroxyl groups is 9. The molecule has 0 aromatic heterocycles. The van der Waals surface area contributed by atoms with Crippen molar-refractivity contribution in [3.63, 3.8) is 0 Å². The Labute approximate surface area is 207 Å². The predicted molar refractivity (Wildman–Crippen MR) is 84.9 cm³/mol. The van der Waals surface area contributed by atoms with Crippen molar-refractivity contribution in [3.8, 4) is 0 Å². The number of carboxylic acids is 1. The second-order valence-electron chi connectivity index (χ2n) is 5.59. The molecule has 8 atom stereocenters. The van der Waals surface area contributed by atoms with Crippen LogP contribution in [0.1, 0.15) is 6.92 Å². The van der Waals surface area contributed by atoms with Crippen LogP contribution in [0.3, 0.4) is 0 Å². The Morgan fingerprint density at radius 3 is 1.52 bits per heavy atom. The van der Waals surface area contributed by atoms with E-state index in [-0.39, 0.29) is 57.7 Å². The van der Waals surface area contributed by atoms with Crippen LogP contribution in [0.25, 0.3) is 0 Å². The second-order valence-corrected chi connectivity index (χ2v) is 5.59. The van der Waals surface area contributed by atoms with E-state index in [1.165, 1.54) is 0 Å². The smallest absolute Gasteiger partial charge is 0.547 e. The van der Waals surface area contributed by atoms with Gasteiger partial charge in [-0.2, -0.15) is 0 Å². The van der Waals surface area contributed by atoms with Gasteiger partial charge < -0.3 is 66.0 Å². The van der Waals surface area contributed by atoms with Gasteiger partial charge in [-0.25, -0.2) is 0 Å². The zero-order chi connectivity index (χ0) is 22.6. The van der Waals surface area contributed by atoms with Crippen LogP contribution in [0.5, 0.6) is 0 Å². The van der Waals surface area contributed by atoms with E-state index < -0.39 is 73.9 Å². The van der Waals surface area contributed by atoms with Gasteiger partial charge in [0.05, 0.1) is 19.2 Å². The van der Waals surface area contributed by atoms with Crippen molar-refractivity contribution >= 4 is 18.2 Å². The summed E-state index contributed by atoms with van der Waals surface area (Å²) in [5.74, 6) is -2.53. The summed E-state index contributed by atoms with van der Waals surface area (Å²) in [6.07, 6.45) is -12.8. The molecular weight excluding hydrogens is 429 g/mol. The molecule has 0 aromatic carbocycles. The summed E-state index contributed by atoms with van der Waals surface area (Å²) in [6, 6.07) is -1.32. The molecule has 166 valence electrons. The number of aldehydes is 1. The summed E-state index contributed by atoms with van der Waals surface area (Å²) < 4.78 is 0. The number of nitrogens with one attached hydrogen (secondary N) is 1. The summed E-state index contributed by atoms with van der Waals surface area (Å²) in [6.45, 7) is -0.486. The second kappa shape index (κ2) is 17.6. The molecule has 0 saturated carbocycles. The molecule has 29 heavy (non-hydrogen) atoms. The van der Waals surface area contributed by atoms with Crippen molar-refractivity contribution < 1.29 is 117 Å². The van der Waals surface area contributed by atoms with E-state index >= 15 is 0 Å². The number of carboxylic acid groups (broad SMARTS) is 1. The number of rotatable bonds is 11. The molecule has 0 heterocycles. The van der Waals surface area contributed by atoms with E-state index in [0.717, 1.165) is 6.92 Å². The van der Waals surface area contributed by atoms with Crippen LogP contribution in [0, 0.1) is 0 Å². The molecule has 1 amide bonds. The summed E-state index contributed by atoms with van der Waals surface area (Å²) >= 11 is 0. The number of hydrogen-bond donors (Lipinski definition) is 10. The molecular formula is C14H26KNO13.